The van der Waals surface area contributed by atoms with Gasteiger partial charge in [0.2, 0.25) is 5.76 Å². The van der Waals surface area contributed by atoms with Crippen molar-refractivity contribution in [2.24, 2.45) is 0 Å². The van der Waals surface area contributed by atoms with Gasteiger partial charge < -0.3 is 14.8 Å². The number of sulfone groups is 1. The third-order valence-electron chi connectivity index (χ3n) is 2.67. The van der Waals surface area contributed by atoms with Crippen molar-refractivity contribution in [3.63, 3.8) is 0 Å². The minimum absolute atomic E-state index is 0.0709. The lowest BCUT2D eigenvalue weighted by molar-refractivity contribution is 0.0660. The van der Waals surface area contributed by atoms with Crippen molar-refractivity contribution in [3.05, 3.63) is 23.7 Å². The van der Waals surface area contributed by atoms with Gasteiger partial charge >= 0.3 is 5.97 Å². The topological polar surface area (TPSA) is 96.6 Å². The molecule has 6 nitrogen and oxygen atoms in total. The number of hydrogen-bond acceptors (Lipinski definition) is 5. The number of rotatable bonds is 4. The molecule has 0 radical (unpaired) electrons. The zero-order valence-corrected chi connectivity index (χ0v) is 9.87. The van der Waals surface area contributed by atoms with E-state index in [0.29, 0.717) is 18.7 Å². The molecule has 0 aliphatic carbocycles. The summed E-state index contributed by atoms with van der Waals surface area (Å²) in [6.45, 7) is 0.341. The van der Waals surface area contributed by atoms with E-state index in [9.17, 15) is 13.2 Å². The van der Waals surface area contributed by atoms with Crippen molar-refractivity contribution >= 4 is 15.8 Å². The van der Waals surface area contributed by atoms with Gasteiger partial charge in [0.05, 0.1) is 18.1 Å². The van der Waals surface area contributed by atoms with Crippen LogP contribution < -0.4 is 5.32 Å². The molecule has 0 amide bonds. The average Bonchev–Trinajstić information content (AvgIpc) is 2.81. The highest BCUT2D eigenvalue weighted by Crippen LogP contribution is 2.13. The Morgan fingerprint density at radius 1 is 1.53 bits per heavy atom. The van der Waals surface area contributed by atoms with E-state index in [-0.39, 0.29) is 23.3 Å². The lowest BCUT2D eigenvalue weighted by atomic mass is 10.2. The van der Waals surface area contributed by atoms with Crippen LogP contribution in [0.2, 0.25) is 0 Å². The zero-order chi connectivity index (χ0) is 12.5. The van der Waals surface area contributed by atoms with Gasteiger partial charge in [0.25, 0.3) is 0 Å². The summed E-state index contributed by atoms with van der Waals surface area (Å²) < 4.78 is 27.5. The number of hydrogen-bond donors (Lipinski definition) is 2. The highest BCUT2D eigenvalue weighted by molar-refractivity contribution is 7.91. The molecule has 7 heteroatoms. The van der Waals surface area contributed by atoms with Gasteiger partial charge in [-0.25, -0.2) is 13.2 Å². The Balaban J connectivity index is 1.88. The van der Waals surface area contributed by atoms with E-state index in [2.05, 4.69) is 5.32 Å². The number of aromatic carboxylic acids is 1. The van der Waals surface area contributed by atoms with Gasteiger partial charge in [-0.15, -0.1) is 0 Å². The van der Waals surface area contributed by atoms with Crippen molar-refractivity contribution in [2.75, 3.05) is 11.5 Å². The van der Waals surface area contributed by atoms with Crippen molar-refractivity contribution in [2.45, 2.75) is 19.0 Å². The molecule has 0 aromatic carbocycles. The van der Waals surface area contributed by atoms with E-state index in [1.807, 2.05) is 0 Å². The van der Waals surface area contributed by atoms with Crippen LogP contribution in [-0.2, 0) is 16.4 Å². The second-order valence-electron chi connectivity index (χ2n) is 4.05. The molecule has 0 saturated carbocycles. The normalized spacial score (nSPS) is 22.7. The molecule has 1 aliphatic rings. The van der Waals surface area contributed by atoms with Gasteiger partial charge in [0.15, 0.2) is 9.84 Å². The van der Waals surface area contributed by atoms with Gasteiger partial charge in [0.1, 0.15) is 5.76 Å². The molecule has 2 N–H and O–H groups in total. The quantitative estimate of drug-likeness (QED) is 0.804. The summed E-state index contributed by atoms with van der Waals surface area (Å²) in [5.41, 5.74) is 0. The first-order valence-corrected chi connectivity index (χ1v) is 7.04. The van der Waals surface area contributed by atoms with Crippen LogP contribution in [0.5, 0.6) is 0 Å². The molecule has 17 heavy (non-hydrogen) atoms. The SMILES string of the molecule is O=C(O)c1ccc(CNC2CCS(=O)(=O)C2)o1. The molecule has 1 saturated heterocycles. The third-order valence-corrected chi connectivity index (χ3v) is 4.44. The van der Waals surface area contributed by atoms with Crippen LogP contribution in [0.4, 0.5) is 0 Å². The Labute approximate surface area is 98.5 Å². The zero-order valence-electron chi connectivity index (χ0n) is 9.05. The van der Waals surface area contributed by atoms with Crippen LogP contribution in [-0.4, -0.2) is 37.0 Å². The van der Waals surface area contributed by atoms with Crippen LogP contribution in [0.3, 0.4) is 0 Å². The molecule has 2 heterocycles. The summed E-state index contributed by atoms with van der Waals surface area (Å²) in [7, 11) is -2.90. The van der Waals surface area contributed by atoms with E-state index in [4.69, 9.17) is 9.52 Å². The first-order valence-electron chi connectivity index (χ1n) is 5.22. The molecular formula is C10H13NO5S. The molecule has 1 unspecified atom stereocenters. The maximum absolute atomic E-state index is 11.2. The van der Waals surface area contributed by atoms with Gasteiger partial charge in [-0.2, -0.15) is 0 Å². The van der Waals surface area contributed by atoms with Crippen LogP contribution in [0.15, 0.2) is 16.5 Å². The van der Waals surface area contributed by atoms with E-state index < -0.39 is 15.8 Å². The van der Waals surface area contributed by atoms with Crippen LogP contribution in [0.1, 0.15) is 22.7 Å². The molecule has 0 bridgehead atoms. The van der Waals surface area contributed by atoms with Gasteiger partial charge in [-0.3, -0.25) is 0 Å². The predicted octanol–water partition coefficient (Wildman–Crippen LogP) is 0.255. The van der Waals surface area contributed by atoms with E-state index >= 15 is 0 Å². The molecule has 1 aliphatic heterocycles. The number of carboxylic acids is 1. The second kappa shape index (κ2) is 4.50. The first kappa shape index (κ1) is 12.1. The maximum atomic E-state index is 11.2. The van der Waals surface area contributed by atoms with Crippen molar-refractivity contribution in [1.82, 2.24) is 5.32 Å². The lowest BCUT2D eigenvalue weighted by Crippen LogP contribution is -2.29. The third kappa shape index (κ3) is 3.07. The molecule has 2 rings (SSSR count). The van der Waals surface area contributed by atoms with Gasteiger partial charge in [-0.05, 0) is 18.6 Å². The molecule has 1 aromatic heterocycles. The minimum Gasteiger partial charge on any atom is -0.475 e. The fourth-order valence-electron chi connectivity index (χ4n) is 1.79. The number of carbonyl (C=O) groups is 1. The standard InChI is InChI=1S/C10H13NO5S/c12-10(13)9-2-1-8(16-9)5-11-7-3-4-17(14,15)6-7/h1-2,7,11H,3-6H2,(H,12,13). The van der Waals surface area contributed by atoms with Crippen LogP contribution in [0, 0.1) is 0 Å². The van der Waals surface area contributed by atoms with Crippen LogP contribution >= 0.6 is 0 Å². The van der Waals surface area contributed by atoms with Crippen molar-refractivity contribution in [1.29, 1.82) is 0 Å². The summed E-state index contributed by atoms with van der Waals surface area (Å²) in [6.07, 6.45) is 0.592. The highest BCUT2D eigenvalue weighted by atomic mass is 32.2. The molecule has 94 valence electrons. The minimum atomic E-state index is -2.90. The summed E-state index contributed by atoms with van der Waals surface area (Å²) >= 11 is 0. The van der Waals surface area contributed by atoms with Gasteiger partial charge in [-0.1, -0.05) is 0 Å². The monoisotopic (exact) mass is 259 g/mol. The Morgan fingerprint density at radius 2 is 2.29 bits per heavy atom. The van der Waals surface area contributed by atoms with E-state index in [1.54, 1.807) is 6.07 Å². The average molecular weight is 259 g/mol. The summed E-state index contributed by atoms with van der Waals surface area (Å²) in [5, 5.41) is 11.7. The van der Waals surface area contributed by atoms with E-state index in [0.717, 1.165) is 0 Å². The maximum Gasteiger partial charge on any atom is 0.371 e. The number of carboxylic acid groups (broad SMARTS) is 1. The second-order valence-corrected chi connectivity index (χ2v) is 6.28. The lowest BCUT2D eigenvalue weighted by Gasteiger charge is -2.08. The Morgan fingerprint density at radius 3 is 2.82 bits per heavy atom. The number of furan rings is 1. The Kier molecular flexibility index (Phi) is 3.21. The fourth-order valence-corrected chi connectivity index (χ4v) is 3.50. The molecule has 1 atom stereocenters. The van der Waals surface area contributed by atoms with Crippen LogP contribution in [0.25, 0.3) is 0 Å². The predicted molar refractivity (Wildman–Crippen MR) is 59.6 cm³/mol. The Bertz CT molecular complexity index is 519. The smallest absolute Gasteiger partial charge is 0.371 e. The molecular weight excluding hydrogens is 246 g/mol. The summed E-state index contributed by atoms with van der Waals surface area (Å²) in [4.78, 5) is 10.6. The molecule has 1 aromatic rings. The number of nitrogens with one attached hydrogen (secondary N) is 1. The van der Waals surface area contributed by atoms with E-state index in [1.165, 1.54) is 6.07 Å². The van der Waals surface area contributed by atoms with Gasteiger partial charge in [0, 0.05) is 6.04 Å². The summed E-state index contributed by atoms with van der Waals surface area (Å²) in [5.74, 6) is -0.380. The highest BCUT2D eigenvalue weighted by Gasteiger charge is 2.27. The Hall–Kier alpha value is -1.34. The molecule has 1 fully saturated rings. The molecule has 0 spiro atoms. The fraction of sp³-hybridized carbons (Fsp3) is 0.500. The van der Waals surface area contributed by atoms with Crippen molar-refractivity contribution < 1.29 is 22.7 Å². The largest absolute Gasteiger partial charge is 0.475 e. The van der Waals surface area contributed by atoms with Crippen molar-refractivity contribution in [3.8, 4) is 0 Å². The first-order chi connectivity index (χ1) is 7.96. The summed E-state index contributed by atoms with van der Waals surface area (Å²) in [6, 6.07) is 2.88.